The maximum absolute atomic E-state index is 9.09. The number of rotatable bonds is 4. The monoisotopic (exact) mass is 324 g/mol. The minimum Gasteiger partial charge on any atom is -0.395 e. The molecule has 0 unspecified atom stereocenters. The Labute approximate surface area is 140 Å². The van der Waals surface area contributed by atoms with Gasteiger partial charge in [0.25, 0.3) is 5.78 Å². The summed E-state index contributed by atoms with van der Waals surface area (Å²) < 4.78 is 1.80. The standard InChI is InChI=1S/C17H20N6O/c24-11-10-21-6-8-22(9-7-21)16-12-15(14-4-2-1-3-5-14)20-17-18-13-19-23(16)17/h1-5,12-13,24H,6-11H2. The lowest BCUT2D eigenvalue weighted by molar-refractivity contribution is 0.188. The highest BCUT2D eigenvalue weighted by molar-refractivity contribution is 5.65. The number of aliphatic hydroxyl groups is 1. The van der Waals surface area contributed by atoms with Crippen LogP contribution in [-0.2, 0) is 0 Å². The smallest absolute Gasteiger partial charge is 0.254 e. The minimum atomic E-state index is 0.209. The lowest BCUT2D eigenvalue weighted by atomic mass is 10.1. The third-order valence-electron chi connectivity index (χ3n) is 4.42. The summed E-state index contributed by atoms with van der Waals surface area (Å²) in [7, 11) is 0. The molecule has 1 fully saturated rings. The van der Waals surface area contributed by atoms with Gasteiger partial charge in [-0.3, -0.25) is 4.90 Å². The average molecular weight is 324 g/mol. The van der Waals surface area contributed by atoms with Gasteiger partial charge in [-0.1, -0.05) is 30.3 Å². The van der Waals surface area contributed by atoms with Crippen LogP contribution >= 0.6 is 0 Å². The van der Waals surface area contributed by atoms with Crippen molar-refractivity contribution < 1.29 is 5.11 Å². The van der Waals surface area contributed by atoms with Gasteiger partial charge in [-0.05, 0) is 0 Å². The van der Waals surface area contributed by atoms with E-state index in [9.17, 15) is 0 Å². The Morgan fingerprint density at radius 3 is 2.58 bits per heavy atom. The van der Waals surface area contributed by atoms with Crippen LogP contribution in [0.2, 0.25) is 0 Å². The van der Waals surface area contributed by atoms with Crippen LogP contribution in [0.1, 0.15) is 0 Å². The maximum Gasteiger partial charge on any atom is 0.254 e. The second kappa shape index (κ2) is 6.54. The molecule has 124 valence electrons. The largest absolute Gasteiger partial charge is 0.395 e. The highest BCUT2D eigenvalue weighted by atomic mass is 16.3. The predicted molar refractivity (Wildman–Crippen MR) is 92.0 cm³/mol. The summed E-state index contributed by atoms with van der Waals surface area (Å²) in [5.74, 6) is 1.63. The number of hydrogen-bond donors (Lipinski definition) is 1. The van der Waals surface area contributed by atoms with E-state index < -0.39 is 0 Å². The molecule has 0 bridgehead atoms. The maximum atomic E-state index is 9.09. The molecule has 4 rings (SSSR count). The Morgan fingerprint density at radius 1 is 1.04 bits per heavy atom. The number of β-amino-alcohol motifs (C(OH)–C–C–N with tert-alkyl or cyclic N) is 1. The van der Waals surface area contributed by atoms with Gasteiger partial charge in [0.2, 0.25) is 0 Å². The normalized spacial score (nSPS) is 16.0. The van der Waals surface area contributed by atoms with E-state index in [0.717, 1.165) is 49.8 Å². The number of piperazine rings is 1. The number of aromatic nitrogens is 4. The molecule has 1 N–H and O–H groups in total. The number of fused-ring (bicyclic) bond motifs is 1. The van der Waals surface area contributed by atoms with Crippen molar-refractivity contribution in [2.45, 2.75) is 0 Å². The summed E-state index contributed by atoms with van der Waals surface area (Å²) in [6.45, 7) is 4.60. The fourth-order valence-corrected chi connectivity index (χ4v) is 3.12. The Kier molecular flexibility index (Phi) is 4.10. The molecule has 7 nitrogen and oxygen atoms in total. The van der Waals surface area contributed by atoms with E-state index in [4.69, 9.17) is 5.11 Å². The molecule has 3 heterocycles. The topological polar surface area (TPSA) is 69.8 Å². The molecule has 1 saturated heterocycles. The highest BCUT2D eigenvalue weighted by Crippen LogP contribution is 2.24. The Morgan fingerprint density at radius 2 is 1.83 bits per heavy atom. The van der Waals surface area contributed by atoms with Crippen molar-refractivity contribution in [3.8, 4) is 11.3 Å². The second-order valence-corrected chi connectivity index (χ2v) is 5.89. The molecule has 0 saturated carbocycles. The molecule has 24 heavy (non-hydrogen) atoms. The minimum absolute atomic E-state index is 0.209. The van der Waals surface area contributed by atoms with Gasteiger partial charge in [0.15, 0.2) is 0 Å². The Hall–Kier alpha value is -2.51. The molecule has 0 amide bonds. The fraction of sp³-hybridized carbons (Fsp3) is 0.353. The van der Waals surface area contributed by atoms with Crippen LogP contribution in [0.5, 0.6) is 0 Å². The molecule has 7 heteroatoms. The fourth-order valence-electron chi connectivity index (χ4n) is 3.12. The van der Waals surface area contributed by atoms with Crippen molar-refractivity contribution in [2.24, 2.45) is 0 Å². The summed E-state index contributed by atoms with van der Waals surface area (Å²) in [5.41, 5.74) is 1.98. The van der Waals surface area contributed by atoms with E-state index >= 15 is 0 Å². The van der Waals surface area contributed by atoms with Gasteiger partial charge in [0, 0.05) is 44.4 Å². The van der Waals surface area contributed by atoms with E-state index in [2.05, 4.69) is 43.1 Å². The summed E-state index contributed by atoms with van der Waals surface area (Å²) in [6, 6.07) is 12.2. The third-order valence-corrected chi connectivity index (χ3v) is 4.42. The van der Waals surface area contributed by atoms with Gasteiger partial charge in [-0.25, -0.2) is 4.98 Å². The van der Waals surface area contributed by atoms with Crippen LogP contribution in [0.25, 0.3) is 17.0 Å². The first kappa shape index (κ1) is 15.0. The summed E-state index contributed by atoms with van der Waals surface area (Å²) in [5, 5.41) is 13.4. The van der Waals surface area contributed by atoms with Crippen molar-refractivity contribution in [3.63, 3.8) is 0 Å². The Bertz CT molecular complexity index is 810. The zero-order chi connectivity index (χ0) is 16.4. The first-order valence-electron chi connectivity index (χ1n) is 8.19. The second-order valence-electron chi connectivity index (χ2n) is 5.89. The molecule has 0 aliphatic carbocycles. The SMILES string of the molecule is OCCN1CCN(c2cc(-c3ccccc3)nc3ncnn23)CC1. The van der Waals surface area contributed by atoms with Gasteiger partial charge in [-0.2, -0.15) is 14.6 Å². The number of nitrogens with zero attached hydrogens (tertiary/aromatic N) is 6. The zero-order valence-corrected chi connectivity index (χ0v) is 13.4. The lowest BCUT2D eigenvalue weighted by Gasteiger charge is -2.35. The predicted octanol–water partition coefficient (Wildman–Crippen LogP) is 0.906. The first-order chi connectivity index (χ1) is 11.8. The van der Waals surface area contributed by atoms with Crippen molar-refractivity contribution in [1.82, 2.24) is 24.5 Å². The van der Waals surface area contributed by atoms with Crippen LogP contribution in [0.15, 0.2) is 42.7 Å². The number of aliphatic hydroxyl groups excluding tert-OH is 1. The molecule has 0 atom stereocenters. The van der Waals surface area contributed by atoms with Crippen LogP contribution in [0.4, 0.5) is 5.82 Å². The molecule has 2 aromatic heterocycles. The van der Waals surface area contributed by atoms with Crippen molar-refractivity contribution in [1.29, 1.82) is 0 Å². The molecule has 1 aliphatic heterocycles. The van der Waals surface area contributed by atoms with Gasteiger partial charge < -0.3 is 10.0 Å². The van der Waals surface area contributed by atoms with E-state index in [0.29, 0.717) is 5.78 Å². The quantitative estimate of drug-likeness (QED) is 0.769. The number of anilines is 1. The van der Waals surface area contributed by atoms with Crippen LogP contribution in [0, 0.1) is 0 Å². The summed E-state index contributed by atoms with van der Waals surface area (Å²) >= 11 is 0. The van der Waals surface area contributed by atoms with Gasteiger partial charge >= 0.3 is 0 Å². The van der Waals surface area contributed by atoms with E-state index in [-0.39, 0.29) is 6.61 Å². The average Bonchev–Trinajstić information content (AvgIpc) is 3.11. The van der Waals surface area contributed by atoms with Gasteiger partial charge in [0.1, 0.15) is 12.1 Å². The summed E-state index contributed by atoms with van der Waals surface area (Å²) in [4.78, 5) is 13.5. The van der Waals surface area contributed by atoms with Crippen molar-refractivity contribution >= 4 is 11.6 Å². The molecule has 1 aliphatic rings. The highest BCUT2D eigenvalue weighted by Gasteiger charge is 2.20. The lowest BCUT2D eigenvalue weighted by Crippen LogP contribution is -2.47. The third kappa shape index (κ3) is 2.83. The number of benzene rings is 1. The van der Waals surface area contributed by atoms with Crippen LogP contribution < -0.4 is 4.90 Å². The van der Waals surface area contributed by atoms with E-state index in [1.165, 1.54) is 0 Å². The summed E-state index contributed by atoms with van der Waals surface area (Å²) in [6.07, 6.45) is 1.54. The van der Waals surface area contributed by atoms with Crippen molar-refractivity contribution in [2.75, 3.05) is 44.2 Å². The molecular formula is C17H20N6O. The molecule has 0 spiro atoms. The molecule has 3 aromatic rings. The van der Waals surface area contributed by atoms with Crippen molar-refractivity contribution in [3.05, 3.63) is 42.7 Å². The van der Waals surface area contributed by atoms with Gasteiger partial charge in [0.05, 0.1) is 12.3 Å². The van der Waals surface area contributed by atoms with Gasteiger partial charge in [-0.15, -0.1) is 0 Å². The molecule has 1 aromatic carbocycles. The van der Waals surface area contributed by atoms with Crippen LogP contribution in [0.3, 0.4) is 0 Å². The number of hydrogen-bond acceptors (Lipinski definition) is 6. The van der Waals surface area contributed by atoms with E-state index in [1.807, 2.05) is 18.2 Å². The molecule has 0 radical (unpaired) electrons. The first-order valence-corrected chi connectivity index (χ1v) is 8.19. The zero-order valence-electron chi connectivity index (χ0n) is 13.4. The van der Waals surface area contributed by atoms with Crippen LogP contribution in [-0.4, -0.2) is 68.9 Å². The molecular weight excluding hydrogens is 304 g/mol. The van der Waals surface area contributed by atoms with E-state index in [1.54, 1.807) is 10.8 Å². The Balaban J connectivity index is 1.69.